The number of rotatable bonds is 6. The first-order valence-corrected chi connectivity index (χ1v) is 9.93. The van der Waals surface area contributed by atoms with Crippen molar-refractivity contribution in [1.29, 1.82) is 0 Å². The second kappa shape index (κ2) is 11.2. The van der Waals surface area contributed by atoms with Crippen molar-refractivity contribution < 1.29 is 23.8 Å². The van der Waals surface area contributed by atoms with E-state index in [0.717, 1.165) is 0 Å². The molecule has 2 amide bonds. The van der Waals surface area contributed by atoms with Gasteiger partial charge in [-0.05, 0) is 43.7 Å². The lowest BCUT2D eigenvalue weighted by molar-refractivity contribution is -0.133. The monoisotopic (exact) mass is 442 g/mol. The number of halogens is 1. The Balaban J connectivity index is 0.000000380. The minimum atomic E-state index is -0.722. The van der Waals surface area contributed by atoms with Gasteiger partial charge in [-0.15, -0.1) is 6.42 Å². The number of nitrogens with one attached hydrogen (secondary N) is 1. The molecular formula is C23H27FN4O4. The molecule has 8 nitrogen and oxygen atoms in total. The highest BCUT2D eigenvalue weighted by molar-refractivity contribution is 5.97. The number of terminal acetylenes is 1. The zero-order valence-corrected chi connectivity index (χ0v) is 18.3. The van der Waals surface area contributed by atoms with E-state index in [1.165, 1.54) is 23.1 Å². The smallest absolute Gasteiger partial charge is 0.269 e. The van der Waals surface area contributed by atoms with Crippen molar-refractivity contribution in [2.45, 2.75) is 25.5 Å². The number of likely N-dealkylation sites (tertiary alicyclic amines) is 1. The van der Waals surface area contributed by atoms with Crippen LogP contribution in [0.1, 0.15) is 29.4 Å². The highest BCUT2D eigenvalue weighted by Gasteiger charge is 2.26. The lowest BCUT2D eigenvalue weighted by atomic mass is 10.1. The second-order valence-electron chi connectivity index (χ2n) is 7.36. The molecule has 0 saturated carbocycles. The molecule has 0 aliphatic carbocycles. The number of primary amides is 1. The maximum Gasteiger partial charge on any atom is 0.269 e. The van der Waals surface area contributed by atoms with E-state index in [2.05, 4.69) is 16.2 Å². The number of carbonyl (C=O) groups is 2. The van der Waals surface area contributed by atoms with Crippen molar-refractivity contribution in [2.75, 3.05) is 32.6 Å². The van der Waals surface area contributed by atoms with Gasteiger partial charge in [-0.2, -0.15) is 0 Å². The highest BCUT2D eigenvalue weighted by atomic mass is 19.1. The molecule has 1 aliphatic rings. The van der Waals surface area contributed by atoms with E-state index < -0.39 is 17.8 Å². The average Bonchev–Trinajstić information content (AvgIpc) is 3.06. The summed E-state index contributed by atoms with van der Waals surface area (Å²) in [6.07, 6.45) is 5.21. The molecule has 32 heavy (non-hydrogen) atoms. The molecule has 170 valence electrons. The SMILES string of the molecule is C#Cc1ccc(F)c(-c2ccc(N[C@@H](C)COC)c(C(N)=O)n2)c1.CN1CC[C@H](O)C1=O. The van der Waals surface area contributed by atoms with Gasteiger partial charge >= 0.3 is 0 Å². The highest BCUT2D eigenvalue weighted by Crippen LogP contribution is 2.25. The number of amides is 2. The van der Waals surface area contributed by atoms with E-state index in [0.29, 0.717) is 30.8 Å². The summed E-state index contributed by atoms with van der Waals surface area (Å²) < 4.78 is 19.1. The fraction of sp³-hybridized carbons (Fsp3) is 0.348. The van der Waals surface area contributed by atoms with Crippen LogP contribution in [0.2, 0.25) is 0 Å². The number of ether oxygens (including phenoxy) is 1. The zero-order valence-electron chi connectivity index (χ0n) is 18.3. The summed E-state index contributed by atoms with van der Waals surface area (Å²) in [5.74, 6) is 1.10. The average molecular weight is 442 g/mol. The van der Waals surface area contributed by atoms with Crippen LogP contribution < -0.4 is 11.1 Å². The number of anilines is 1. The maximum absolute atomic E-state index is 14.1. The Morgan fingerprint density at radius 3 is 2.69 bits per heavy atom. The molecule has 2 aromatic rings. The molecule has 1 aromatic heterocycles. The fourth-order valence-electron chi connectivity index (χ4n) is 3.09. The first-order valence-electron chi connectivity index (χ1n) is 9.93. The molecule has 3 rings (SSSR count). The summed E-state index contributed by atoms with van der Waals surface area (Å²) >= 11 is 0. The van der Waals surface area contributed by atoms with Crippen LogP contribution in [0, 0.1) is 18.2 Å². The van der Waals surface area contributed by atoms with Crippen LogP contribution >= 0.6 is 0 Å². The minimum Gasteiger partial charge on any atom is -0.383 e. The number of likely N-dealkylation sites (N-methyl/N-ethyl adjacent to an activating group) is 1. The third-order valence-electron chi connectivity index (χ3n) is 4.76. The molecule has 0 bridgehead atoms. The van der Waals surface area contributed by atoms with Gasteiger partial charge in [-0.1, -0.05) is 5.92 Å². The van der Waals surface area contributed by atoms with Crippen LogP contribution in [0.5, 0.6) is 0 Å². The molecule has 1 fully saturated rings. The molecule has 2 atom stereocenters. The third kappa shape index (κ3) is 6.26. The van der Waals surface area contributed by atoms with Crippen LogP contribution in [0.25, 0.3) is 11.3 Å². The van der Waals surface area contributed by atoms with Crippen LogP contribution in [0.3, 0.4) is 0 Å². The Morgan fingerprint density at radius 2 is 2.19 bits per heavy atom. The number of hydrogen-bond donors (Lipinski definition) is 3. The number of carbonyl (C=O) groups excluding carboxylic acids is 2. The van der Waals surface area contributed by atoms with Crippen molar-refractivity contribution in [3.05, 3.63) is 47.4 Å². The summed E-state index contributed by atoms with van der Waals surface area (Å²) in [6, 6.07) is 7.45. The van der Waals surface area contributed by atoms with Gasteiger partial charge in [0.2, 0.25) is 0 Å². The predicted octanol–water partition coefficient (Wildman–Crippen LogP) is 1.62. The largest absolute Gasteiger partial charge is 0.383 e. The molecule has 1 aliphatic heterocycles. The normalized spacial score (nSPS) is 16.1. The molecule has 1 saturated heterocycles. The molecule has 0 unspecified atom stereocenters. The number of hydrogen-bond acceptors (Lipinski definition) is 6. The number of aliphatic hydroxyl groups is 1. The molecule has 4 N–H and O–H groups in total. The van der Waals surface area contributed by atoms with Crippen LogP contribution in [-0.2, 0) is 9.53 Å². The van der Waals surface area contributed by atoms with Gasteiger partial charge in [0.05, 0.1) is 18.0 Å². The number of nitrogens with two attached hydrogens (primary N) is 1. The standard InChI is InChI=1S/C18H18FN3O2.C5H9NO2/c1-4-12-5-6-14(19)13(9-12)15-7-8-16(17(22-15)18(20)23)21-11(2)10-24-3;1-6-3-2-4(7)5(6)8/h1,5-9,11,21H,10H2,2-3H3,(H2,20,23);4,7H,2-3H2,1H3/t11-;4-/m00/s1. The zero-order chi connectivity index (χ0) is 23.8. The Labute approximate surface area is 186 Å². The lowest BCUT2D eigenvalue weighted by Crippen LogP contribution is -2.24. The van der Waals surface area contributed by atoms with Gasteiger partial charge in [0.25, 0.3) is 11.8 Å². The number of pyridine rings is 1. The van der Waals surface area contributed by atoms with Gasteiger partial charge in [0.1, 0.15) is 11.9 Å². The fourth-order valence-corrected chi connectivity index (χ4v) is 3.09. The summed E-state index contributed by atoms with van der Waals surface area (Å²) in [7, 11) is 3.27. The van der Waals surface area contributed by atoms with Crippen molar-refractivity contribution in [3.63, 3.8) is 0 Å². The topological polar surface area (TPSA) is 118 Å². The Morgan fingerprint density at radius 1 is 1.47 bits per heavy atom. The van der Waals surface area contributed by atoms with Crippen molar-refractivity contribution in [2.24, 2.45) is 5.73 Å². The van der Waals surface area contributed by atoms with Crippen molar-refractivity contribution >= 4 is 17.5 Å². The quantitative estimate of drug-likeness (QED) is 0.586. The Kier molecular flexibility index (Phi) is 8.70. The predicted molar refractivity (Wildman–Crippen MR) is 119 cm³/mol. The van der Waals surface area contributed by atoms with Gasteiger partial charge in [-0.25, -0.2) is 9.37 Å². The summed E-state index contributed by atoms with van der Waals surface area (Å²) in [5.41, 5.74) is 6.91. The minimum absolute atomic E-state index is 0.0287. The van der Waals surface area contributed by atoms with Gasteiger partial charge < -0.3 is 25.8 Å². The number of aromatic nitrogens is 1. The Hall–Kier alpha value is -3.48. The number of aliphatic hydroxyl groups excluding tert-OH is 1. The van der Waals surface area contributed by atoms with Crippen molar-refractivity contribution in [1.82, 2.24) is 9.88 Å². The molecule has 1 aromatic carbocycles. The van der Waals surface area contributed by atoms with Gasteiger partial charge in [0, 0.05) is 37.9 Å². The first-order chi connectivity index (χ1) is 15.2. The molecule has 9 heteroatoms. The van der Waals surface area contributed by atoms with Crippen LogP contribution in [0.15, 0.2) is 30.3 Å². The Bertz CT molecular complexity index is 1010. The molecular weight excluding hydrogens is 415 g/mol. The maximum atomic E-state index is 14.1. The van der Waals surface area contributed by atoms with E-state index in [1.54, 1.807) is 26.3 Å². The number of methoxy groups -OCH3 is 1. The van der Waals surface area contributed by atoms with E-state index >= 15 is 0 Å². The van der Waals surface area contributed by atoms with E-state index in [9.17, 15) is 14.0 Å². The van der Waals surface area contributed by atoms with Gasteiger partial charge in [0.15, 0.2) is 5.69 Å². The van der Waals surface area contributed by atoms with E-state index in [4.69, 9.17) is 22.0 Å². The van der Waals surface area contributed by atoms with Crippen LogP contribution in [0.4, 0.5) is 10.1 Å². The summed E-state index contributed by atoms with van der Waals surface area (Å²) in [4.78, 5) is 28.0. The van der Waals surface area contributed by atoms with Gasteiger partial charge in [-0.3, -0.25) is 9.59 Å². The number of nitrogens with zero attached hydrogens (tertiary/aromatic N) is 2. The second-order valence-corrected chi connectivity index (χ2v) is 7.36. The molecule has 2 heterocycles. The molecule has 0 spiro atoms. The molecule has 0 radical (unpaired) electrons. The lowest BCUT2D eigenvalue weighted by Gasteiger charge is -2.16. The summed E-state index contributed by atoms with van der Waals surface area (Å²) in [5, 5.41) is 11.9. The third-order valence-corrected chi connectivity index (χ3v) is 4.76. The van der Waals surface area contributed by atoms with E-state index in [-0.39, 0.29) is 28.9 Å². The van der Waals surface area contributed by atoms with E-state index in [1.807, 2.05) is 6.92 Å². The first kappa shape index (κ1) is 24.8. The van der Waals surface area contributed by atoms with Crippen molar-refractivity contribution in [3.8, 4) is 23.6 Å². The number of benzene rings is 1. The summed E-state index contributed by atoms with van der Waals surface area (Å²) in [6.45, 7) is 3.02. The van der Waals surface area contributed by atoms with Crippen LogP contribution in [-0.4, -0.2) is 66.3 Å².